The van der Waals surface area contributed by atoms with Crippen molar-refractivity contribution in [2.75, 3.05) is 6.54 Å². The Kier molecular flexibility index (Phi) is 1.76. The van der Waals surface area contributed by atoms with E-state index in [1.54, 1.807) is 11.3 Å². The van der Waals surface area contributed by atoms with Gasteiger partial charge in [-0.15, -0.1) is 11.3 Å². The molecule has 0 spiro atoms. The van der Waals surface area contributed by atoms with Gasteiger partial charge in [-0.3, -0.25) is 0 Å². The molecule has 0 amide bonds. The predicted molar refractivity (Wildman–Crippen MR) is 45.2 cm³/mol. The van der Waals surface area contributed by atoms with Gasteiger partial charge in [0.05, 0.1) is 5.69 Å². The van der Waals surface area contributed by atoms with E-state index in [1.165, 1.54) is 10.6 Å². The average molecular weight is 219 g/mol. The Morgan fingerprint density at radius 3 is 3.30 bits per heavy atom. The highest BCUT2D eigenvalue weighted by Crippen LogP contribution is 2.25. The molecule has 0 unspecified atom stereocenters. The molecule has 1 N–H and O–H groups in total. The van der Waals surface area contributed by atoms with Crippen LogP contribution in [-0.4, -0.2) is 11.5 Å². The Labute approximate surface area is 71.8 Å². The molecule has 0 aromatic carbocycles. The summed E-state index contributed by atoms with van der Waals surface area (Å²) in [6.07, 6.45) is 1.14. The Hall–Kier alpha value is 0.0700. The molecule has 0 aliphatic carbocycles. The lowest BCUT2D eigenvalue weighted by Gasteiger charge is -2.09. The maximum absolute atomic E-state index is 4.32. The van der Waals surface area contributed by atoms with Crippen LogP contribution >= 0.6 is 27.3 Å². The second kappa shape index (κ2) is 2.60. The van der Waals surface area contributed by atoms with Crippen LogP contribution < -0.4 is 5.32 Å². The molecule has 4 heteroatoms. The molecule has 2 heterocycles. The Balaban J connectivity index is 2.41. The van der Waals surface area contributed by atoms with Crippen molar-refractivity contribution in [3.8, 4) is 0 Å². The zero-order chi connectivity index (χ0) is 6.97. The number of hydrogen-bond donors (Lipinski definition) is 1. The quantitative estimate of drug-likeness (QED) is 0.716. The molecule has 0 radical (unpaired) electrons. The van der Waals surface area contributed by atoms with E-state index in [-0.39, 0.29) is 0 Å². The van der Waals surface area contributed by atoms with Crippen molar-refractivity contribution in [3.05, 3.63) is 14.5 Å². The molecule has 0 saturated heterocycles. The van der Waals surface area contributed by atoms with Gasteiger partial charge in [-0.2, -0.15) is 0 Å². The van der Waals surface area contributed by atoms with E-state index in [1.807, 2.05) is 0 Å². The Morgan fingerprint density at radius 1 is 1.60 bits per heavy atom. The number of nitrogens with one attached hydrogen (secondary N) is 1. The highest BCUT2D eigenvalue weighted by molar-refractivity contribution is 9.11. The third-order valence-electron chi connectivity index (χ3n) is 1.57. The summed E-state index contributed by atoms with van der Waals surface area (Å²) in [6.45, 7) is 2.04. The SMILES string of the molecule is Brc1nc2c(s1)CCNC2. The van der Waals surface area contributed by atoms with Gasteiger partial charge in [0.2, 0.25) is 0 Å². The second-order valence-electron chi connectivity index (χ2n) is 2.26. The lowest BCUT2D eigenvalue weighted by atomic mass is 10.2. The highest BCUT2D eigenvalue weighted by Gasteiger charge is 2.12. The van der Waals surface area contributed by atoms with Crippen LogP contribution in [0.25, 0.3) is 0 Å². The minimum atomic E-state index is 0.942. The molecule has 1 aromatic heterocycles. The van der Waals surface area contributed by atoms with Crippen LogP contribution in [0.15, 0.2) is 3.92 Å². The van der Waals surface area contributed by atoms with Gasteiger partial charge in [0, 0.05) is 18.0 Å². The van der Waals surface area contributed by atoms with E-state index in [0.717, 1.165) is 23.4 Å². The van der Waals surface area contributed by atoms with Crippen LogP contribution in [0.5, 0.6) is 0 Å². The number of rotatable bonds is 0. The van der Waals surface area contributed by atoms with Gasteiger partial charge in [-0.25, -0.2) is 4.98 Å². The fraction of sp³-hybridized carbons (Fsp3) is 0.500. The van der Waals surface area contributed by atoms with Crippen LogP contribution in [0.3, 0.4) is 0 Å². The topological polar surface area (TPSA) is 24.9 Å². The molecule has 0 bridgehead atoms. The van der Waals surface area contributed by atoms with E-state index in [2.05, 4.69) is 26.2 Å². The average Bonchev–Trinajstić information content (AvgIpc) is 2.27. The van der Waals surface area contributed by atoms with Crippen molar-refractivity contribution in [1.29, 1.82) is 0 Å². The summed E-state index contributed by atoms with van der Waals surface area (Å²) in [5.74, 6) is 0. The summed E-state index contributed by atoms with van der Waals surface area (Å²) in [4.78, 5) is 5.76. The van der Waals surface area contributed by atoms with E-state index >= 15 is 0 Å². The molecule has 0 saturated carbocycles. The zero-order valence-corrected chi connectivity index (χ0v) is 7.76. The lowest BCUT2D eigenvalue weighted by Crippen LogP contribution is -2.22. The maximum Gasteiger partial charge on any atom is 0.159 e. The molecule has 0 atom stereocenters. The molecular formula is C6H7BrN2S. The van der Waals surface area contributed by atoms with Crippen molar-refractivity contribution in [3.63, 3.8) is 0 Å². The molecule has 1 aliphatic rings. The molecule has 0 fully saturated rings. The smallest absolute Gasteiger partial charge is 0.159 e. The van der Waals surface area contributed by atoms with Gasteiger partial charge in [0.15, 0.2) is 3.92 Å². The van der Waals surface area contributed by atoms with Crippen molar-refractivity contribution in [2.24, 2.45) is 0 Å². The maximum atomic E-state index is 4.32. The van der Waals surface area contributed by atoms with Gasteiger partial charge in [-0.1, -0.05) is 0 Å². The van der Waals surface area contributed by atoms with Gasteiger partial charge < -0.3 is 5.32 Å². The number of hydrogen-bond acceptors (Lipinski definition) is 3. The Morgan fingerprint density at radius 2 is 2.50 bits per heavy atom. The largest absolute Gasteiger partial charge is 0.311 e. The summed E-state index contributed by atoms with van der Waals surface area (Å²) in [5.41, 5.74) is 1.23. The predicted octanol–water partition coefficient (Wildman–Crippen LogP) is 1.55. The number of halogens is 1. The van der Waals surface area contributed by atoms with Crippen LogP contribution in [-0.2, 0) is 13.0 Å². The molecule has 1 aromatic rings. The van der Waals surface area contributed by atoms with E-state index in [4.69, 9.17) is 0 Å². The summed E-state index contributed by atoms with van der Waals surface area (Å²) in [5, 5.41) is 3.28. The van der Waals surface area contributed by atoms with Gasteiger partial charge in [-0.05, 0) is 22.4 Å². The van der Waals surface area contributed by atoms with Crippen molar-refractivity contribution < 1.29 is 0 Å². The summed E-state index contributed by atoms with van der Waals surface area (Å²) in [7, 11) is 0. The lowest BCUT2D eigenvalue weighted by molar-refractivity contribution is 0.638. The van der Waals surface area contributed by atoms with Crippen LogP contribution in [0.2, 0.25) is 0 Å². The standard InChI is InChI=1S/C6H7BrN2S/c7-6-9-4-3-8-2-1-5(4)10-6/h8H,1-3H2. The monoisotopic (exact) mass is 218 g/mol. The molecular weight excluding hydrogens is 212 g/mol. The first kappa shape index (κ1) is 6.76. The normalized spacial score (nSPS) is 16.9. The van der Waals surface area contributed by atoms with Crippen LogP contribution in [0, 0.1) is 0 Å². The number of aromatic nitrogens is 1. The van der Waals surface area contributed by atoms with E-state index in [0.29, 0.717) is 0 Å². The number of nitrogens with zero attached hydrogens (tertiary/aromatic N) is 1. The molecule has 10 heavy (non-hydrogen) atoms. The van der Waals surface area contributed by atoms with E-state index in [9.17, 15) is 0 Å². The van der Waals surface area contributed by atoms with Crippen LogP contribution in [0.4, 0.5) is 0 Å². The fourth-order valence-electron chi connectivity index (χ4n) is 1.09. The molecule has 1 aliphatic heterocycles. The molecule has 2 rings (SSSR count). The number of thiazole rings is 1. The number of fused-ring (bicyclic) bond motifs is 1. The summed E-state index contributed by atoms with van der Waals surface area (Å²) in [6, 6.07) is 0. The molecule has 54 valence electrons. The fourth-order valence-corrected chi connectivity index (χ4v) is 2.69. The summed E-state index contributed by atoms with van der Waals surface area (Å²) >= 11 is 5.13. The zero-order valence-electron chi connectivity index (χ0n) is 5.35. The Bertz CT molecular complexity index is 222. The first-order valence-electron chi connectivity index (χ1n) is 3.21. The first-order valence-corrected chi connectivity index (χ1v) is 4.82. The van der Waals surface area contributed by atoms with Gasteiger partial charge >= 0.3 is 0 Å². The van der Waals surface area contributed by atoms with E-state index < -0.39 is 0 Å². The van der Waals surface area contributed by atoms with Crippen LogP contribution in [0.1, 0.15) is 10.6 Å². The summed E-state index contributed by atoms with van der Waals surface area (Å²) < 4.78 is 1.02. The van der Waals surface area contributed by atoms with Gasteiger partial charge in [0.25, 0.3) is 0 Å². The van der Waals surface area contributed by atoms with Crippen molar-refractivity contribution in [1.82, 2.24) is 10.3 Å². The highest BCUT2D eigenvalue weighted by atomic mass is 79.9. The third kappa shape index (κ3) is 1.11. The minimum Gasteiger partial charge on any atom is -0.311 e. The third-order valence-corrected chi connectivity index (χ3v) is 3.18. The second-order valence-corrected chi connectivity index (χ2v) is 4.62. The first-order chi connectivity index (χ1) is 4.86. The molecule has 2 nitrogen and oxygen atoms in total. The van der Waals surface area contributed by atoms with Gasteiger partial charge in [0.1, 0.15) is 0 Å². The minimum absolute atomic E-state index is 0.942. The van der Waals surface area contributed by atoms with Crippen molar-refractivity contribution in [2.45, 2.75) is 13.0 Å². The van der Waals surface area contributed by atoms with Crippen molar-refractivity contribution >= 4 is 27.3 Å².